The van der Waals surface area contributed by atoms with Gasteiger partial charge in [0.05, 0.1) is 0 Å². The van der Waals surface area contributed by atoms with Crippen molar-refractivity contribution in [1.29, 1.82) is 0 Å². The van der Waals surface area contributed by atoms with Gasteiger partial charge in [-0.3, -0.25) is 0 Å². The van der Waals surface area contributed by atoms with Crippen LogP contribution < -0.4 is 5.32 Å². The summed E-state index contributed by atoms with van der Waals surface area (Å²) in [6.07, 6.45) is 10.3. The fraction of sp³-hybridized carbons (Fsp3) is 0.818. The van der Waals surface area contributed by atoms with E-state index in [1.165, 1.54) is 19.3 Å². The Morgan fingerprint density at radius 1 is 1.42 bits per heavy atom. The fourth-order valence-corrected chi connectivity index (χ4v) is 1.64. The average molecular weight is 165 g/mol. The van der Waals surface area contributed by atoms with E-state index in [4.69, 9.17) is 6.42 Å². The lowest BCUT2D eigenvalue weighted by molar-refractivity contribution is 0.434. The standard InChI is InChI=1S/C11H19N/c1-4-5-9(2)12-10(3)8-11-6-7-11/h1,9-12H,5-8H2,2-3H3. The molecule has 0 saturated heterocycles. The summed E-state index contributed by atoms with van der Waals surface area (Å²) in [5.74, 6) is 3.68. The number of terminal acetylenes is 1. The quantitative estimate of drug-likeness (QED) is 0.616. The van der Waals surface area contributed by atoms with Crippen LogP contribution in [0.4, 0.5) is 0 Å². The van der Waals surface area contributed by atoms with Gasteiger partial charge in [-0.1, -0.05) is 12.8 Å². The molecule has 1 rings (SSSR count). The van der Waals surface area contributed by atoms with E-state index in [-0.39, 0.29) is 0 Å². The van der Waals surface area contributed by atoms with Crippen molar-refractivity contribution >= 4 is 0 Å². The first kappa shape index (κ1) is 9.61. The van der Waals surface area contributed by atoms with Crippen LogP contribution in [0.2, 0.25) is 0 Å². The Morgan fingerprint density at radius 3 is 2.58 bits per heavy atom. The molecule has 1 heteroatoms. The zero-order valence-electron chi connectivity index (χ0n) is 8.14. The summed E-state index contributed by atoms with van der Waals surface area (Å²) in [7, 11) is 0. The molecule has 1 N–H and O–H groups in total. The molecule has 0 heterocycles. The third-order valence-electron chi connectivity index (χ3n) is 2.38. The third kappa shape index (κ3) is 3.78. The summed E-state index contributed by atoms with van der Waals surface area (Å²) in [6, 6.07) is 1.12. The molecule has 2 unspecified atom stereocenters. The van der Waals surface area contributed by atoms with Crippen LogP contribution in [0.15, 0.2) is 0 Å². The SMILES string of the molecule is C#CCC(C)NC(C)CC1CC1. The first-order valence-electron chi connectivity index (χ1n) is 4.92. The molecule has 0 spiro atoms. The lowest BCUT2D eigenvalue weighted by Gasteiger charge is -2.17. The van der Waals surface area contributed by atoms with Crippen LogP contribution in [0.5, 0.6) is 0 Å². The Labute approximate surface area is 75.9 Å². The average Bonchev–Trinajstić information content (AvgIpc) is 2.71. The maximum atomic E-state index is 5.23. The highest BCUT2D eigenvalue weighted by molar-refractivity contribution is 4.89. The molecule has 1 saturated carbocycles. The first-order chi connectivity index (χ1) is 5.72. The topological polar surface area (TPSA) is 12.0 Å². The van der Waals surface area contributed by atoms with Crippen molar-refractivity contribution in [2.24, 2.45) is 5.92 Å². The minimum atomic E-state index is 0.476. The highest BCUT2D eigenvalue weighted by Gasteiger charge is 2.23. The third-order valence-corrected chi connectivity index (χ3v) is 2.38. The number of hydrogen-bond acceptors (Lipinski definition) is 1. The molecule has 1 nitrogen and oxygen atoms in total. The maximum absolute atomic E-state index is 5.23. The Morgan fingerprint density at radius 2 is 2.08 bits per heavy atom. The van der Waals surface area contributed by atoms with Gasteiger partial charge in [0.2, 0.25) is 0 Å². The summed E-state index contributed by atoms with van der Waals surface area (Å²) < 4.78 is 0. The maximum Gasteiger partial charge on any atom is 0.0238 e. The van der Waals surface area contributed by atoms with Gasteiger partial charge in [0.15, 0.2) is 0 Å². The van der Waals surface area contributed by atoms with Gasteiger partial charge in [0.25, 0.3) is 0 Å². The highest BCUT2D eigenvalue weighted by Crippen LogP contribution is 2.33. The molecular weight excluding hydrogens is 146 g/mol. The van der Waals surface area contributed by atoms with E-state index < -0.39 is 0 Å². The van der Waals surface area contributed by atoms with Crippen molar-refractivity contribution in [3.05, 3.63) is 0 Å². The van der Waals surface area contributed by atoms with Gasteiger partial charge < -0.3 is 5.32 Å². The second-order valence-electron chi connectivity index (χ2n) is 4.06. The zero-order valence-corrected chi connectivity index (χ0v) is 8.14. The van der Waals surface area contributed by atoms with E-state index in [0.29, 0.717) is 12.1 Å². The molecule has 0 amide bonds. The second-order valence-corrected chi connectivity index (χ2v) is 4.06. The Balaban J connectivity index is 2.07. The van der Waals surface area contributed by atoms with E-state index >= 15 is 0 Å². The number of nitrogens with one attached hydrogen (secondary N) is 1. The van der Waals surface area contributed by atoms with Gasteiger partial charge in [0, 0.05) is 18.5 Å². The monoisotopic (exact) mass is 165 g/mol. The van der Waals surface area contributed by atoms with Gasteiger partial charge in [-0.25, -0.2) is 0 Å². The lowest BCUT2D eigenvalue weighted by atomic mass is 10.1. The second kappa shape index (κ2) is 4.52. The van der Waals surface area contributed by atoms with Gasteiger partial charge in [-0.2, -0.15) is 0 Å². The molecule has 0 aliphatic heterocycles. The summed E-state index contributed by atoms with van der Waals surface area (Å²) >= 11 is 0. The first-order valence-corrected chi connectivity index (χ1v) is 4.92. The predicted octanol–water partition coefficient (Wildman–Crippen LogP) is 2.18. The molecule has 0 radical (unpaired) electrons. The van der Waals surface area contributed by atoms with Crippen LogP contribution in [0.25, 0.3) is 0 Å². The Kier molecular flexibility index (Phi) is 3.62. The van der Waals surface area contributed by atoms with Crippen LogP contribution in [-0.2, 0) is 0 Å². The molecular formula is C11H19N. The number of hydrogen-bond donors (Lipinski definition) is 1. The van der Waals surface area contributed by atoms with Gasteiger partial charge in [0.1, 0.15) is 0 Å². The minimum absolute atomic E-state index is 0.476. The van der Waals surface area contributed by atoms with Crippen LogP contribution in [-0.4, -0.2) is 12.1 Å². The van der Waals surface area contributed by atoms with Crippen molar-refractivity contribution in [2.75, 3.05) is 0 Å². The summed E-state index contributed by atoms with van der Waals surface area (Å²) in [5, 5.41) is 3.51. The molecule has 0 aromatic carbocycles. The Bertz CT molecular complexity index is 164. The van der Waals surface area contributed by atoms with Crippen LogP contribution in [0, 0.1) is 18.3 Å². The minimum Gasteiger partial charge on any atom is -0.311 e. The molecule has 1 aliphatic carbocycles. The summed E-state index contributed by atoms with van der Waals surface area (Å²) in [6.45, 7) is 4.41. The van der Waals surface area contributed by atoms with E-state index in [2.05, 4.69) is 25.1 Å². The van der Waals surface area contributed by atoms with Crippen LogP contribution >= 0.6 is 0 Å². The van der Waals surface area contributed by atoms with E-state index in [9.17, 15) is 0 Å². The lowest BCUT2D eigenvalue weighted by Crippen LogP contribution is -2.34. The molecule has 68 valence electrons. The fourth-order valence-electron chi connectivity index (χ4n) is 1.64. The smallest absolute Gasteiger partial charge is 0.0238 e. The molecule has 12 heavy (non-hydrogen) atoms. The molecule has 1 fully saturated rings. The molecule has 0 aromatic heterocycles. The summed E-state index contributed by atoms with van der Waals surface area (Å²) in [4.78, 5) is 0. The van der Waals surface area contributed by atoms with Crippen molar-refractivity contribution in [3.8, 4) is 12.3 Å². The molecule has 2 atom stereocenters. The van der Waals surface area contributed by atoms with Gasteiger partial charge in [-0.05, 0) is 26.2 Å². The normalized spacial score (nSPS) is 21.4. The number of rotatable bonds is 5. The van der Waals surface area contributed by atoms with Crippen molar-refractivity contribution in [1.82, 2.24) is 5.32 Å². The Hall–Kier alpha value is -0.480. The van der Waals surface area contributed by atoms with E-state index in [1.807, 2.05) is 0 Å². The van der Waals surface area contributed by atoms with Gasteiger partial charge >= 0.3 is 0 Å². The zero-order chi connectivity index (χ0) is 8.97. The van der Waals surface area contributed by atoms with Gasteiger partial charge in [-0.15, -0.1) is 12.3 Å². The molecule has 0 aromatic rings. The highest BCUT2D eigenvalue weighted by atomic mass is 14.9. The van der Waals surface area contributed by atoms with Crippen LogP contribution in [0.1, 0.15) is 39.5 Å². The molecule has 0 bridgehead atoms. The van der Waals surface area contributed by atoms with E-state index in [0.717, 1.165) is 12.3 Å². The predicted molar refractivity (Wildman–Crippen MR) is 52.9 cm³/mol. The summed E-state index contributed by atoms with van der Waals surface area (Å²) in [5.41, 5.74) is 0. The molecule has 1 aliphatic rings. The van der Waals surface area contributed by atoms with Crippen LogP contribution in [0.3, 0.4) is 0 Å². The van der Waals surface area contributed by atoms with Crippen molar-refractivity contribution in [3.63, 3.8) is 0 Å². The largest absolute Gasteiger partial charge is 0.311 e. The van der Waals surface area contributed by atoms with Crippen molar-refractivity contribution < 1.29 is 0 Å². The van der Waals surface area contributed by atoms with Crippen molar-refractivity contribution in [2.45, 2.75) is 51.6 Å². The van der Waals surface area contributed by atoms with E-state index in [1.54, 1.807) is 0 Å².